The van der Waals surface area contributed by atoms with Crippen LogP contribution in [0.4, 0.5) is 0 Å². The van der Waals surface area contributed by atoms with Gasteiger partial charge in [-0.25, -0.2) is 10.5 Å². The van der Waals surface area contributed by atoms with Crippen molar-refractivity contribution in [2.75, 3.05) is 0 Å². The number of hydrazone groups is 1. The monoisotopic (exact) mass is 360 g/mol. The lowest BCUT2D eigenvalue weighted by Crippen LogP contribution is -2.22. The Morgan fingerprint density at radius 3 is 2.50 bits per heavy atom. The molecule has 0 spiro atoms. The summed E-state index contributed by atoms with van der Waals surface area (Å²) in [6, 6.07) is 11.6. The van der Waals surface area contributed by atoms with E-state index in [1.165, 1.54) is 6.21 Å². The molecule has 0 unspecified atom stereocenters. The first-order valence-electron chi connectivity index (χ1n) is 6.81. The Balaban J connectivity index is 1.84. The van der Waals surface area contributed by atoms with E-state index in [-0.39, 0.29) is 11.3 Å². The molecule has 0 aliphatic rings. The molecule has 2 N–H and O–H groups in total. The van der Waals surface area contributed by atoms with E-state index in [0.717, 1.165) is 0 Å². The van der Waals surface area contributed by atoms with Crippen molar-refractivity contribution in [3.63, 3.8) is 0 Å². The second-order valence-electron chi connectivity index (χ2n) is 4.85. The third-order valence-corrected chi connectivity index (χ3v) is 3.61. The summed E-state index contributed by atoms with van der Waals surface area (Å²) in [5.74, 6) is -0.549. The number of fused-ring (bicyclic) bond motifs is 1. The minimum atomic E-state index is -0.549. The zero-order valence-electron chi connectivity index (χ0n) is 12.1. The number of rotatable bonds is 3. The minimum absolute atomic E-state index is 0.0754. The fourth-order valence-electron chi connectivity index (χ4n) is 2.16. The molecular formula is C16H10Cl2N4O2. The predicted molar refractivity (Wildman–Crippen MR) is 93.9 cm³/mol. The predicted octanol–water partition coefficient (Wildman–Crippen LogP) is 2.99. The number of amides is 1. The second kappa shape index (κ2) is 6.82. The van der Waals surface area contributed by atoms with Gasteiger partial charge in [-0.1, -0.05) is 41.4 Å². The molecule has 3 aromatic rings. The van der Waals surface area contributed by atoms with Crippen molar-refractivity contribution in [2.24, 2.45) is 5.10 Å². The Hall–Kier alpha value is -2.70. The van der Waals surface area contributed by atoms with Gasteiger partial charge in [0.15, 0.2) is 5.69 Å². The fraction of sp³-hybridized carbons (Fsp3) is 0. The maximum absolute atomic E-state index is 12.2. The van der Waals surface area contributed by atoms with Crippen molar-refractivity contribution in [2.45, 2.75) is 0 Å². The van der Waals surface area contributed by atoms with Crippen LogP contribution >= 0.6 is 23.2 Å². The lowest BCUT2D eigenvalue weighted by atomic mass is 10.1. The number of aromatic amines is 1. The molecule has 0 atom stereocenters. The molecule has 0 saturated carbocycles. The van der Waals surface area contributed by atoms with Crippen LogP contribution in [0.5, 0.6) is 0 Å². The maximum Gasteiger partial charge on any atom is 0.292 e. The smallest absolute Gasteiger partial charge is 0.267 e. The van der Waals surface area contributed by atoms with E-state index < -0.39 is 5.91 Å². The SMILES string of the molecule is O=C(N/N=C/c1cc(Cl)cc(Cl)c1)c1n[nH]c(=O)c2ccccc12. The van der Waals surface area contributed by atoms with Crippen LogP contribution < -0.4 is 11.0 Å². The van der Waals surface area contributed by atoms with E-state index in [9.17, 15) is 9.59 Å². The van der Waals surface area contributed by atoms with Crippen LogP contribution in [-0.4, -0.2) is 22.3 Å². The van der Waals surface area contributed by atoms with Gasteiger partial charge in [-0.15, -0.1) is 0 Å². The highest BCUT2D eigenvalue weighted by Crippen LogP contribution is 2.18. The number of carbonyl (C=O) groups excluding carboxylic acids is 1. The summed E-state index contributed by atoms with van der Waals surface area (Å²) in [6.07, 6.45) is 1.41. The number of hydrogen-bond donors (Lipinski definition) is 2. The molecule has 24 heavy (non-hydrogen) atoms. The molecule has 8 heteroatoms. The van der Waals surface area contributed by atoms with Crippen molar-refractivity contribution in [3.05, 3.63) is 74.1 Å². The van der Waals surface area contributed by atoms with Gasteiger partial charge in [-0.3, -0.25) is 9.59 Å². The Morgan fingerprint density at radius 1 is 1.12 bits per heavy atom. The highest BCUT2D eigenvalue weighted by molar-refractivity contribution is 6.35. The number of nitrogens with one attached hydrogen (secondary N) is 2. The number of benzene rings is 2. The van der Waals surface area contributed by atoms with Gasteiger partial charge in [0.05, 0.1) is 11.6 Å². The first kappa shape index (κ1) is 16.2. The number of halogens is 2. The first-order chi connectivity index (χ1) is 11.5. The molecule has 1 amide bonds. The normalized spacial score (nSPS) is 11.1. The molecule has 0 saturated heterocycles. The first-order valence-corrected chi connectivity index (χ1v) is 7.57. The van der Waals surface area contributed by atoms with Crippen LogP contribution in [0.25, 0.3) is 10.8 Å². The molecule has 6 nitrogen and oxygen atoms in total. The molecule has 2 aromatic carbocycles. The van der Waals surface area contributed by atoms with Gasteiger partial charge in [0.1, 0.15) is 0 Å². The molecular weight excluding hydrogens is 351 g/mol. The van der Waals surface area contributed by atoms with Crippen molar-refractivity contribution in [1.82, 2.24) is 15.6 Å². The molecule has 0 fully saturated rings. The van der Waals surface area contributed by atoms with Gasteiger partial charge in [-0.05, 0) is 29.8 Å². The topological polar surface area (TPSA) is 87.2 Å². The molecule has 1 aromatic heterocycles. The van der Waals surface area contributed by atoms with Crippen LogP contribution in [0.15, 0.2) is 52.4 Å². The summed E-state index contributed by atoms with van der Waals surface area (Å²) in [7, 11) is 0. The summed E-state index contributed by atoms with van der Waals surface area (Å²) in [4.78, 5) is 23.9. The zero-order chi connectivity index (χ0) is 17.1. The number of hydrogen-bond acceptors (Lipinski definition) is 4. The van der Waals surface area contributed by atoms with E-state index in [1.807, 2.05) is 0 Å². The summed E-state index contributed by atoms with van der Waals surface area (Å²) < 4.78 is 0. The van der Waals surface area contributed by atoms with Crippen LogP contribution in [0.3, 0.4) is 0 Å². The highest BCUT2D eigenvalue weighted by atomic mass is 35.5. The average Bonchev–Trinajstić information content (AvgIpc) is 2.54. The summed E-state index contributed by atoms with van der Waals surface area (Å²) >= 11 is 11.8. The number of H-pyrrole nitrogens is 1. The van der Waals surface area contributed by atoms with Crippen molar-refractivity contribution in [1.29, 1.82) is 0 Å². The highest BCUT2D eigenvalue weighted by Gasteiger charge is 2.13. The fourth-order valence-corrected chi connectivity index (χ4v) is 2.70. The molecule has 3 rings (SSSR count). The van der Waals surface area contributed by atoms with Gasteiger partial charge in [0, 0.05) is 15.4 Å². The Labute approximate surface area is 146 Å². The van der Waals surface area contributed by atoms with Crippen LogP contribution in [0.2, 0.25) is 10.0 Å². The van der Waals surface area contributed by atoms with E-state index in [0.29, 0.717) is 26.4 Å². The quantitative estimate of drug-likeness (QED) is 0.555. The number of nitrogens with zero attached hydrogens (tertiary/aromatic N) is 2. The van der Waals surface area contributed by atoms with Crippen molar-refractivity contribution >= 4 is 46.1 Å². The van der Waals surface area contributed by atoms with E-state index >= 15 is 0 Å². The minimum Gasteiger partial charge on any atom is -0.267 e. The third-order valence-electron chi connectivity index (χ3n) is 3.18. The van der Waals surface area contributed by atoms with Gasteiger partial charge < -0.3 is 0 Å². The van der Waals surface area contributed by atoms with Crippen molar-refractivity contribution in [3.8, 4) is 0 Å². The second-order valence-corrected chi connectivity index (χ2v) is 5.72. The van der Waals surface area contributed by atoms with E-state index in [2.05, 4.69) is 20.7 Å². The number of carbonyl (C=O) groups is 1. The molecule has 0 aliphatic carbocycles. The summed E-state index contributed by atoms with van der Waals surface area (Å²) in [6.45, 7) is 0. The van der Waals surface area contributed by atoms with Gasteiger partial charge in [-0.2, -0.15) is 10.2 Å². The van der Waals surface area contributed by atoms with Crippen LogP contribution in [0, 0.1) is 0 Å². The Bertz CT molecular complexity index is 994. The standard InChI is InChI=1S/C16H10Cl2N4O2/c17-10-5-9(6-11(18)7-10)8-19-21-16(24)14-12-3-1-2-4-13(12)15(23)22-20-14/h1-8H,(H,21,24)(H,22,23)/b19-8+. The largest absolute Gasteiger partial charge is 0.292 e. The molecule has 0 aliphatic heterocycles. The molecule has 120 valence electrons. The van der Waals surface area contributed by atoms with Gasteiger partial charge in [0.2, 0.25) is 0 Å². The third kappa shape index (κ3) is 3.45. The lowest BCUT2D eigenvalue weighted by Gasteiger charge is -2.03. The van der Waals surface area contributed by atoms with Crippen molar-refractivity contribution < 1.29 is 4.79 Å². The molecule has 0 bridgehead atoms. The summed E-state index contributed by atoms with van der Waals surface area (Å²) in [5.41, 5.74) is 2.70. The zero-order valence-corrected chi connectivity index (χ0v) is 13.6. The maximum atomic E-state index is 12.2. The van der Waals surface area contributed by atoms with E-state index in [4.69, 9.17) is 23.2 Å². The summed E-state index contributed by atoms with van der Waals surface area (Å²) in [5, 5.41) is 11.7. The molecule has 1 heterocycles. The van der Waals surface area contributed by atoms with Gasteiger partial charge >= 0.3 is 0 Å². The van der Waals surface area contributed by atoms with Crippen LogP contribution in [-0.2, 0) is 0 Å². The molecule has 0 radical (unpaired) electrons. The number of aromatic nitrogens is 2. The average molecular weight is 361 g/mol. The Morgan fingerprint density at radius 2 is 1.79 bits per heavy atom. The lowest BCUT2D eigenvalue weighted by molar-refractivity contribution is 0.0951. The van der Waals surface area contributed by atoms with E-state index in [1.54, 1.807) is 42.5 Å². The Kier molecular flexibility index (Phi) is 4.59. The van der Waals surface area contributed by atoms with Crippen LogP contribution in [0.1, 0.15) is 16.1 Å². The van der Waals surface area contributed by atoms with Gasteiger partial charge in [0.25, 0.3) is 11.5 Å².